The molecule has 0 amide bonds. The molecule has 0 aromatic heterocycles. The lowest BCUT2D eigenvalue weighted by Crippen LogP contribution is -2.43. The second kappa shape index (κ2) is 5.15. The van der Waals surface area contributed by atoms with Crippen molar-refractivity contribution in [1.82, 2.24) is 0 Å². The Kier molecular flexibility index (Phi) is 4.11. The van der Waals surface area contributed by atoms with E-state index in [1.54, 1.807) is 0 Å². The van der Waals surface area contributed by atoms with Crippen LogP contribution in [0.3, 0.4) is 0 Å². The van der Waals surface area contributed by atoms with Crippen molar-refractivity contribution in [2.45, 2.75) is 35.9 Å². The summed E-state index contributed by atoms with van der Waals surface area (Å²) in [6.45, 7) is 0. The molecule has 2 aliphatic rings. The number of aliphatic carboxylic acids is 1. The smallest absolute Gasteiger partial charge is 0.391 e. The SMILES string of the molecule is O=C(O)C1CC(C(F)(F)F)CC2(C1)SCCCS2. The molecule has 2 rings (SSSR count). The van der Waals surface area contributed by atoms with E-state index in [0.29, 0.717) is 6.42 Å². The molecule has 1 aliphatic heterocycles. The summed E-state index contributed by atoms with van der Waals surface area (Å²) in [6, 6.07) is 0. The van der Waals surface area contributed by atoms with Crippen LogP contribution in [0.15, 0.2) is 0 Å². The van der Waals surface area contributed by atoms with Gasteiger partial charge in [0.05, 0.1) is 15.9 Å². The number of carbonyl (C=O) groups is 1. The molecule has 1 N–H and O–H groups in total. The molecule has 1 heterocycles. The van der Waals surface area contributed by atoms with Gasteiger partial charge >= 0.3 is 12.1 Å². The van der Waals surface area contributed by atoms with Gasteiger partial charge in [-0.25, -0.2) is 0 Å². The second-order valence-corrected chi connectivity index (χ2v) is 8.09. The molecule has 0 aromatic carbocycles. The van der Waals surface area contributed by atoms with Gasteiger partial charge < -0.3 is 5.11 Å². The van der Waals surface area contributed by atoms with Crippen molar-refractivity contribution in [2.24, 2.45) is 11.8 Å². The number of hydrogen-bond acceptors (Lipinski definition) is 3. The fourth-order valence-electron chi connectivity index (χ4n) is 2.63. The Morgan fingerprint density at radius 3 is 2.33 bits per heavy atom. The van der Waals surface area contributed by atoms with E-state index >= 15 is 0 Å². The van der Waals surface area contributed by atoms with Gasteiger partial charge in [-0.15, -0.1) is 23.5 Å². The number of carboxylic acids is 1. The standard InChI is InChI=1S/C11H15F3O2S2/c12-11(13,14)8-4-7(9(15)16)5-10(6-8)17-2-1-3-18-10/h7-8H,1-6H2,(H,15,16). The van der Waals surface area contributed by atoms with Crippen LogP contribution in [0.25, 0.3) is 0 Å². The third-order valence-electron chi connectivity index (χ3n) is 3.51. The highest BCUT2D eigenvalue weighted by Gasteiger charge is 2.52. The molecule has 104 valence electrons. The Hall–Kier alpha value is -0.0400. The van der Waals surface area contributed by atoms with E-state index in [-0.39, 0.29) is 12.8 Å². The van der Waals surface area contributed by atoms with Gasteiger partial charge in [0.25, 0.3) is 0 Å². The van der Waals surface area contributed by atoms with E-state index in [4.69, 9.17) is 5.11 Å². The Balaban J connectivity index is 2.18. The average Bonchev–Trinajstić information content (AvgIpc) is 2.28. The highest BCUT2D eigenvalue weighted by atomic mass is 32.2. The lowest BCUT2D eigenvalue weighted by Gasteiger charge is -2.44. The monoisotopic (exact) mass is 300 g/mol. The van der Waals surface area contributed by atoms with Crippen molar-refractivity contribution in [3.05, 3.63) is 0 Å². The molecular weight excluding hydrogens is 285 g/mol. The maximum Gasteiger partial charge on any atom is 0.391 e. The molecule has 1 aliphatic carbocycles. The van der Waals surface area contributed by atoms with Crippen LogP contribution in [0.1, 0.15) is 25.7 Å². The second-order valence-electron chi connectivity index (χ2n) is 4.88. The Bertz CT molecular complexity index is 327. The van der Waals surface area contributed by atoms with E-state index in [9.17, 15) is 18.0 Å². The zero-order valence-corrected chi connectivity index (χ0v) is 11.3. The summed E-state index contributed by atoms with van der Waals surface area (Å²) >= 11 is 3.05. The van der Waals surface area contributed by atoms with E-state index in [0.717, 1.165) is 17.9 Å². The molecule has 2 atom stereocenters. The van der Waals surface area contributed by atoms with Gasteiger partial charge in [0, 0.05) is 0 Å². The molecule has 2 fully saturated rings. The quantitative estimate of drug-likeness (QED) is 0.802. The van der Waals surface area contributed by atoms with Crippen LogP contribution in [0, 0.1) is 11.8 Å². The lowest BCUT2D eigenvalue weighted by molar-refractivity contribution is -0.188. The Morgan fingerprint density at radius 2 is 1.83 bits per heavy atom. The topological polar surface area (TPSA) is 37.3 Å². The van der Waals surface area contributed by atoms with E-state index < -0.39 is 28.1 Å². The lowest BCUT2D eigenvalue weighted by atomic mass is 9.80. The van der Waals surface area contributed by atoms with Gasteiger partial charge in [0.1, 0.15) is 0 Å². The first kappa shape index (κ1) is 14.4. The van der Waals surface area contributed by atoms with Gasteiger partial charge in [-0.05, 0) is 37.2 Å². The summed E-state index contributed by atoms with van der Waals surface area (Å²) in [4.78, 5) is 11.1. The predicted octanol–water partition coefficient (Wildman–Crippen LogP) is 3.62. The molecule has 2 nitrogen and oxygen atoms in total. The first-order chi connectivity index (χ1) is 8.32. The summed E-state index contributed by atoms with van der Waals surface area (Å²) in [6.07, 6.45) is -3.12. The minimum absolute atomic E-state index is 0.0651. The molecule has 1 saturated heterocycles. The fraction of sp³-hybridized carbons (Fsp3) is 0.909. The van der Waals surface area contributed by atoms with Crippen molar-refractivity contribution >= 4 is 29.5 Å². The van der Waals surface area contributed by atoms with E-state index in [2.05, 4.69) is 0 Å². The summed E-state index contributed by atoms with van der Waals surface area (Å²) in [5.74, 6) is -1.74. The summed E-state index contributed by atoms with van der Waals surface area (Å²) < 4.78 is 38.2. The number of alkyl halides is 3. The van der Waals surface area contributed by atoms with Crippen LogP contribution in [0.2, 0.25) is 0 Å². The third-order valence-corrected chi connectivity index (χ3v) is 6.93. The number of hydrogen-bond donors (Lipinski definition) is 1. The summed E-state index contributed by atoms with van der Waals surface area (Å²) in [7, 11) is 0. The Labute approximate surface area is 112 Å². The first-order valence-corrected chi connectivity index (χ1v) is 7.87. The minimum atomic E-state index is -4.28. The number of carboxylic acid groups (broad SMARTS) is 1. The van der Waals surface area contributed by atoms with Crippen molar-refractivity contribution in [1.29, 1.82) is 0 Å². The third kappa shape index (κ3) is 3.10. The van der Waals surface area contributed by atoms with Crippen LogP contribution in [-0.4, -0.2) is 32.8 Å². The normalized spacial score (nSPS) is 32.4. The molecule has 0 aromatic rings. The molecule has 18 heavy (non-hydrogen) atoms. The Morgan fingerprint density at radius 1 is 1.22 bits per heavy atom. The van der Waals surface area contributed by atoms with Crippen molar-refractivity contribution in [3.63, 3.8) is 0 Å². The van der Waals surface area contributed by atoms with Crippen molar-refractivity contribution in [2.75, 3.05) is 11.5 Å². The van der Waals surface area contributed by atoms with Gasteiger partial charge in [-0.2, -0.15) is 13.2 Å². The molecule has 1 saturated carbocycles. The van der Waals surface area contributed by atoms with Crippen LogP contribution in [0.4, 0.5) is 13.2 Å². The number of thioether (sulfide) groups is 2. The largest absolute Gasteiger partial charge is 0.481 e. The highest BCUT2D eigenvalue weighted by Crippen LogP contribution is 2.56. The fourth-order valence-corrected chi connectivity index (χ4v) is 6.25. The zero-order chi connectivity index (χ0) is 13.4. The minimum Gasteiger partial charge on any atom is -0.481 e. The van der Waals surface area contributed by atoms with Gasteiger partial charge in [0.15, 0.2) is 0 Å². The molecular formula is C11H15F3O2S2. The van der Waals surface area contributed by atoms with Crippen LogP contribution in [0.5, 0.6) is 0 Å². The van der Waals surface area contributed by atoms with Crippen LogP contribution in [-0.2, 0) is 4.79 Å². The molecule has 2 unspecified atom stereocenters. The van der Waals surface area contributed by atoms with Crippen LogP contribution < -0.4 is 0 Å². The maximum absolute atomic E-state index is 12.9. The molecule has 1 spiro atoms. The number of rotatable bonds is 1. The van der Waals surface area contributed by atoms with Gasteiger partial charge in [-0.3, -0.25) is 4.79 Å². The van der Waals surface area contributed by atoms with Gasteiger partial charge in [0.2, 0.25) is 0 Å². The van der Waals surface area contributed by atoms with Crippen molar-refractivity contribution < 1.29 is 23.1 Å². The average molecular weight is 300 g/mol. The molecule has 7 heteroatoms. The van der Waals surface area contributed by atoms with Crippen molar-refractivity contribution in [3.8, 4) is 0 Å². The maximum atomic E-state index is 12.9. The molecule has 0 radical (unpaired) electrons. The predicted molar refractivity (Wildman–Crippen MR) is 66.8 cm³/mol. The summed E-state index contributed by atoms with van der Waals surface area (Å²) in [5, 5.41) is 9.05. The summed E-state index contributed by atoms with van der Waals surface area (Å²) in [5.41, 5.74) is 0. The number of halogens is 3. The van der Waals surface area contributed by atoms with Crippen LogP contribution >= 0.6 is 23.5 Å². The zero-order valence-electron chi connectivity index (χ0n) is 9.70. The molecule has 0 bridgehead atoms. The van der Waals surface area contributed by atoms with Gasteiger partial charge in [-0.1, -0.05) is 0 Å². The highest BCUT2D eigenvalue weighted by molar-refractivity contribution is 8.18. The van der Waals surface area contributed by atoms with E-state index in [1.807, 2.05) is 0 Å². The first-order valence-electron chi connectivity index (χ1n) is 5.90. The van der Waals surface area contributed by atoms with E-state index in [1.165, 1.54) is 23.5 Å².